The Morgan fingerprint density at radius 3 is 2.41 bits per heavy atom. The molecule has 0 spiro atoms. The molecular weight excluding hydrogens is 268 g/mol. The van der Waals surface area contributed by atoms with E-state index in [1.54, 1.807) is 6.26 Å². The van der Waals surface area contributed by atoms with Crippen LogP contribution in [0.2, 0.25) is 0 Å². The van der Waals surface area contributed by atoms with E-state index in [0.717, 1.165) is 6.21 Å². The molecule has 0 aromatic heterocycles. The maximum absolute atomic E-state index is 9.38. The quantitative estimate of drug-likeness (QED) is 0.182. The van der Waals surface area contributed by atoms with Gasteiger partial charge in [0.15, 0.2) is 4.32 Å². The Balaban J connectivity index is 4.21. The number of nitrogens with zero attached hydrogens (tertiary/aromatic N) is 1. The van der Waals surface area contributed by atoms with Gasteiger partial charge in [0.05, 0.1) is 12.8 Å². The second kappa shape index (κ2) is 8.75. The van der Waals surface area contributed by atoms with Gasteiger partial charge in [0.2, 0.25) is 0 Å². The second-order valence-corrected chi connectivity index (χ2v) is 4.59. The molecule has 0 unspecified atom stereocenters. The van der Waals surface area contributed by atoms with Crippen LogP contribution in [0.3, 0.4) is 0 Å². The van der Waals surface area contributed by atoms with Crippen LogP contribution < -0.4 is 5.43 Å². The third-order valence-corrected chi connectivity index (χ3v) is 2.90. The maximum Gasteiger partial charge on any atom is 0.153 e. The monoisotopic (exact) mass is 284 g/mol. The fourth-order valence-electron chi connectivity index (χ4n) is 0.838. The van der Waals surface area contributed by atoms with Crippen LogP contribution in [0.25, 0.3) is 0 Å². The van der Waals surface area contributed by atoms with Gasteiger partial charge in [-0.15, -0.1) is 0 Å². The van der Waals surface area contributed by atoms with Crippen LogP contribution in [0, 0.1) is 0 Å². The Kier molecular flexibility index (Phi) is 8.60. The summed E-state index contributed by atoms with van der Waals surface area (Å²) in [6.45, 7) is -0.725. The molecule has 9 heteroatoms. The zero-order chi connectivity index (χ0) is 13.4. The molecule has 0 aliphatic rings. The lowest BCUT2D eigenvalue weighted by Crippen LogP contribution is -2.46. The second-order valence-electron chi connectivity index (χ2n) is 3.10. The summed E-state index contributed by atoms with van der Waals surface area (Å²) in [5, 5.41) is 49.2. The van der Waals surface area contributed by atoms with Gasteiger partial charge in [-0.05, 0) is 6.26 Å². The highest BCUT2D eigenvalue weighted by molar-refractivity contribution is 8.22. The Labute approximate surface area is 108 Å². The topological polar surface area (TPSA) is 126 Å². The predicted octanol–water partition coefficient (Wildman–Crippen LogP) is -2.35. The van der Waals surface area contributed by atoms with Gasteiger partial charge in [0.1, 0.15) is 24.4 Å². The number of hydrogen-bond donors (Lipinski definition) is 6. The molecular formula is C8H16N2O5S2. The van der Waals surface area contributed by atoms with Gasteiger partial charge in [-0.2, -0.15) is 5.10 Å². The van der Waals surface area contributed by atoms with E-state index >= 15 is 0 Å². The van der Waals surface area contributed by atoms with E-state index < -0.39 is 31.0 Å². The number of thioether (sulfide) groups is 1. The third kappa shape index (κ3) is 6.27. The molecule has 17 heavy (non-hydrogen) atoms. The summed E-state index contributed by atoms with van der Waals surface area (Å²) in [4.78, 5) is 0. The minimum absolute atomic E-state index is 0.374. The molecule has 0 aliphatic heterocycles. The summed E-state index contributed by atoms with van der Waals surface area (Å²) in [5.74, 6) is 0. The third-order valence-electron chi connectivity index (χ3n) is 1.85. The first kappa shape index (κ1) is 16.7. The van der Waals surface area contributed by atoms with Crippen molar-refractivity contribution in [1.29, 1.82) is 0 Å². The average Bonchev–Trinajstić information content (AvgIpc) is 2.35. The van der Waals surface area contributed by atoms with Crippen molar-refractivity contribution in [3.05, 3.63) is 0 Å². The molecule has 4 atom stereocenters. The molecule has 100 valence electrons. The summed E-state index contributed by atoms with van der Waals surface area (Å²) in [6, 6.07) is 0. The zero-order valence-corrected chi connectivity index (χ0v) is 10.7. The molecule has 7 nitrogen and oxygen atoms in total. The summed E-state index contributed by atoms with van der Waals surface area (Å²) < 4.78 is 0.374. The van der Waals surface area contributed by atoms with Crippen molar-refractivity contribution in [2.45, 2.75) is 24.4 Å². The van der Waals surface area contributed by atoms with E-state index in [2.05, 4.69) is 10.5 Å². The number of hydrogen-bond acceptors (Lipinski definition) is 8. The van der Waals surface area contributed by atoms with Crippen LogP contribution in [0.4, 0.5) is 0 Å². The van der Waals surface area contributed by atoms with Crippen molar-refractivity contribution in [2.24, 2.45) is 5.10 Å². The van der Waals surface area contributed by atoms with Crippen LogP contribution in [-0.2, 0) is 0 Å². The smallest absolute Gasteiger partial charge is 0.153 e. The fraction of sp³-hybridized carbons (Fsp3) is 0.750. The minimum atomic E-state index is -1.67. The lowest BCUT2D eigenvalue weighted by atomic mass is 10.0. The lowest BCUT2D eigenvalue weighted by Gasteiger charge is -2.23. The van der Waals surface area contributed by atoms with E-state index in [4.69, 9.17) is 22.4 Å². The average molecular weight is 284 g/mol. The van der Waals surface area contributed by atoms with Gasteiger partial charge >= 0.3 is 0 Å². The molecule has 0 aromatic carbocycles. The van der Waals surface area contributed by atoms with Crippen LogP contribution in [0.15, 0.2) is 5.10 Å². The molecule has 0 radical (unpaired) electrons. The molecule has 0 aliphatic carbocycles. The highest BCUT2D eigenvalue weighted by Crippen LogP contribution is 2.03. The fourth-order valence-corrected chi connectivity index (χ4v) is 1.03. The molecule has 0 aromatic rings. The van der Waals surface area contributed by atoms with Crippen molar-refractivity contribution in [3.8, 4) is 0 Å². The highest BCUT2D eigenvalue weighted by Gasteiger charge is 2.29. The normalized spacial score (nSPS) is 18.7. The van der Waals surface area contributed by atoms with E-state index in [1.807, 2.05) is 0 Å². The number of aliphatic hydroxyl groups is 5. The molecule has 6 N–H and O–H groups in total. The Morgan fingerprint density at radius 1 is 1.35 bits per heavy atom. The van der Waals surface area contributed by atoms with E-state index in [0.29, 0.717) is 4.32 Å². The molecule has 0 saturated carbocycles. The van der Waals surface area contributed by atoms with E-state index in [9.17, 15) is 15.3 Å². The van der Waals surface area contributed by atoms with Crippen molar-refractivity contribution in [3.63, 3.8) is 0 Å². The molecule has 0 rings (SSSR count). The van der Waals surface area contributed by atoms with Crippen molar-refractivity contribution in [2.75, 3.05) is 12.9 Å². The largest absolute Gasteiger partial charge is 0.394 e. The van der Waals surface area contributed by atoms with Crippen molar-refractivity contribution < 1.29 is 25.5 Å². The highest BCUT2D eigenvalue weighted by atomic mass is 32.2. The molecule has 0 saturated heterocycles. The first-order chi connectivity index (χ1) is 7.93. The van der Waals surface area contributed by atoms with Gasteiger partial charge in [0.25, 0.3) is 0 Å². The van der Waals surface area contributed by atoms with Crippen molar-refractivity contribution in [1.82, 2.24) is 5.43 Å². The standard InChI is InChI=1S/C8H16N2O5S2/c1-17-8(16)10-9-2-4(12)6(14)7(15)5(13)3-11/h2,4-7,11-15H,3H2,1H3,(H,10,16)/b9-2+/t4-,5+,6-,7+/m0/s1. The van der Waals surface area contributed by atoms with Gasteiger partial charge in [-0.3, -0.25) is 5.43 Å². The van der Waals surface area contributed by atoms with Gasteiger partial charge in [-0.25, -0.2) is 0 Å². The van der Waals surface area contributed by atoms with Crippen LogP contribution >= 0.6 is 24.0 Å². The first-order valence-electron chi connectivity index (χ1n) is 4.64. The molecule has 0 heterocycles. The molecule has 0 bridgehead atoms. The van der Waals surface area contributed by atoms with Crippen LogP contribution in [-0.4, -0.2) is 73.3 Å². The van der Waals surface area contributed by atoms with Gasteiger partial charge < -0.3 is 25.5 Å². The number of hydrazone groups is 1. The number of rotatable bonds is 6. The molecule has 0 fully saturated rings. The SMILES string of the molecule is CSC(=S)N/N=C/[C@H](O)[C@H](O)[C@H](O)[C@H](O)CO. The lowest BCUT2D eigenvalue weighted by molar-refractivity contribution is -0.0999. The van der Waals surface area contributed by atoms with E-state index in [1.165, 1.54) is 11.8 Å². The first-order valence-corrected chi connectivity index (χ1v) is 6.27. The zero-order valence-electron chi connectivity index (χ0n) is 9.09. The van der Waals surface area contributed by atoms with Crippen molar-refractivity contribution >= 4 is 34.5 Å². The molecule has 0 amide bonds. The van der Waals surface area contributed by atoms with Crippen LogP contribution in [0.1, 0.15) is 0 Å². The summed E-state index contributed by atoms with van der Waals surface area (Å²) in [7, 11) is 0. The van der Waals surface area contributed by atoms with E-state index in [-0.39, 0.29) is 0 Å². The van der Waals surface area contributed by atoms with Gasteiger partial charge in [-0.1, -0.05) is 24.0 Å². The summed E-state index contributed by atoms with van der Waals surface area (Å²) in [6.07, 6.45) is -3.70. The number of nitrogens with one attached hydrogen (secondary N) is 1. The van der Waals surface area contributed by atoms with Crippen LogP contribution in [0.5, 0.6) is 0 Å². The Hall–Kier alpha value is -0.290. The summed E-state index contributed by atoms with van der Waals surface area (Å²) in [5.41, 5.74) is 2.40. The number of thiocarbonyl (C=S) groups is 1. The van der Waals surface area contributed by atoms with Gasteiger partial charge in [0, 0.05) is 0 Å². The Morgan fingerprint density at radius 2 is 1.94 bits per heavy atom. The number of aliphatic hydroxyl groups excluding tert-OH is 5. The predicted molar refractivity (Wildman–Crippen MR) is 68.9 cm³/mol. The Bertz CT molecular complexity index is 266. The summed E-state index contributed by atoms with van der Waals surface area (Å²) >= 11 is 6.00. The minimum Gasteiger partial charge on any atom is -0.394 e. The maximum atomic E-state index is 9.38.